The van der Waals surface area contributed by atoms with E-state index in [4.69, 9.17) is 11.6 Å². The zero-order valence-corrected chi connectivity index (χ0v) is 15.2. The lowest BCUT2D eigenvalue weighted by molar-refractivity contribution is -0.122. The van der Waals surface area contributed by atoms with Gasteiger partial charge in [-0.25, -0.2) is 4.79 Å². The van der Waals surface area contributed by atoms with E-state index in [1.54, 1.807) is 13.1 Å². The monoisotopic (exact) mass is 388 g/mol. The maximum atomic E-state index is 12.3. The average Bonchev–Trinajstić information content (AvgIpc) is 2.91. The lowest BCUT2D eigenvalue weighted by atomic mass is 10.2. The van der Waals surface area contributed by atoms with Gasteiger partial charge in [0.1, 0.15) is 5.75 Å². The summed E-state index contributed by atoms with van der Waals surface area (Å²) < 4.78 is 3.01. The van der Waals surface area contributed by atoms with Crippen LogP contribution in [0, 0.1) is 0 Å². The molecule has 27 heavy (non-hydrogen) atoms. The molecule has 1 aromatic heterocycles. The molecule has 3 N–H and O–H groups in total. The van der Waals surface area contributed by atoms with Gasteiger partial charge in [0.15, 0.2) is 0 Å². The van der Waals surface area contributed by atoms with Crippen LogP contribution in [0.25, 0.3) is 11.0 Å². The van der Waals surface area contributed by atoms with Crippen LogP contribution in [0.5, 0.6) is 5.75 Å². The van der Waals surface area contributed by atoms with E-state index in [1.807, 2.05) is 18.2 Å². The third-order valence-electron chi connectivity index (χ3n) is 4.13. The van der Waals surface area contributed by atoms with Crippen LogP contribution in [0.3, 0.4) is 0 Å². The number of hydrazine groups is 1. The Balaban J connectivity index is 1.62. The molecule has 9 heteroatoms. The Morgan fingerprint density at radius 3 is 2.56 bits per heavy atom. The molecule has 0 fully saturated rings. The van der Waals surface area contributed by atoms with E-state index in [0.29, 0.717) is 0 Å². The molecule has 0 saturated carbocycles. The molecule has 0 radical (unpaired) electrons. The predicted molar refractivity (Wildman–Crippen MR) is 101 cm³/mol. The maximum Gasteiger partial charge on any atom is 0.328 e. The highest BCUT2D eigenvalue weighted by Gasteiger charge is 2.14. The standard InChI is InChI=1S/C18H17ClN4O4/c1-22-13-4-2-3-5-14(13)23(18(22)27)9-8-16(25)20-21-17(26)12-10-11(19)6-7-15(12)24/h2-7,10,24H,8-9H2,1H3,(H,20,25)(H,21,26). The number of amides is 2. The summed E-state index contributed by atoms with van der Waals surface area (Å²) in [5, 5.41) is 9.96. The van der Waals surface area contributed by atoms with Gasteiger partial charge in [0.05, 0.1) is 16.6 Å². The number of aromatic hydroxyl groups is 1. The number of para-hydroxylation sites is 2. The molecule has 0 atom stereocenters. The Morgan fingerprint density at radius 1 is 1.11 bits per heavy atom. The van der Waals surface area contributed by atoms with Crippen molar-refractivity contribution in [2.75, 3.05) is 0 Å². The Labute approximate surface area is 158 Å². The fourth-order valence-electron chi connectivity index (χ4n) is 2.74. The second-order valence-corrected chi connectivity index (χ2v) is 6.33. The molecule has 0 saturated heterocycles. The van der Waals surface area contributed by atoms with Crippen LogP contribution in [0.15, 0.2) is 47.3 Å². The van der Waals surface area contributed by atoms with Crippen molar-refractivity contribution < 1.29 is 14.7 Å². The number of phenols is 1. The summed E-state index contributed by atoms with van der Waals surface area (Å²) in [6, 6.07) is 11.3. The highest BCUT2D eigenvalue weighted by atomic mass is 35.5. The number of hydrogen-bond donors (Lipinski definition) is 3. The Kier molecular flexibility index (Phi) is 5.18. The van der Waals surface area contributed by atoms with Gasteiger partial charge in [-0.1, -0.05) is 23.7 Å². The van der Waals surface area contributed by atoms with Gasteiger partial charge < -0.3 is 5.11 Å². The molecule has 8 nitrogen and oxygen atoms in total. The van der Waals surface area contributed by atoms with E-state index < -0.39 is 11.8 Å². The summed E-state index contributed by atoms with van der Waals surface area (Å²) in [7, 11) is 1.67. The minimum atomic E-state index is -0.703. The third kappa shape index (κ3) is 3.80. The second-order valence-electron chi connectivity index (χ2n) is 5.90. The van der Waals surface area contributed by atoms with Crippen LogP contribution in [0.1, 0.15) is 16.8 Å². The molecule has 3 rings (SSSR count). The molecule has 0 aliphatic rings. The highest BCUT2D eigenvalue weighted by molar-refractivity contribution is 6.31. The van der Waals surface area contributed by atoms with E-state index in [9.17, 15) is 19.5 Å². The van der Waals surface area contributed by atoms with Crippen LogP contribution in [-0.2, 0) is 18.4 Å². The summed E-state index contributed by atoms with van der Waals surface area (Å²) in [6.45, 7) is 0.157. The first-order chi connectivity index (χ1) is 12.9. The van der Waals surface area contributed by atoms with Gasteiger partial charge in [-0.15, -0.1) is 0 Å². The number of aromatic nitrogens is 2. The number of carbonyl (C=O) groups excluding carboxylic acids is 2. The van der Waals surface area contributed by atoms with Crippen LogP contribution in [0.4, 0.5) is 0 Å². The normalized spacial score (nSPS) is 10.7. The maximum absolute atomic E-state index is 12.3. The zero-order valence-electron chi connectivity index (χ0n) is 14.4. The van der Waals surface area contributed by atoms with Gasteiger partial charge in [0.25, 0.3) is 5.91 Å². The van der Waals surface area contributed by atoms with Crippen LogP contribution in [0.2, 0.25) is 5.02 Å². The number of rotatable bonds is 4. The van der Waals surface area contributed by atoms with E-state index in [1.165, 1.54) is 27.3 Å². The molecule has 0 unspecified atom stereocenters. The smallest absolute Gasteiger partial charge is 0.328 e. The summed E-state index contributed by atoms with van der Waals surface area (Å²) in [4.78, 5) is 36.4. The van der Waals surface area contributed by atoms with E-state index in [0.717, 1.165) is 11.0 Å². The Hall–Kier alpha value is -3.26. The number of phenolic OH excluding ortho intramolecular Hbond substituents is 1. The van der Waals surface area contributed by atoms with Crippen molar-refractivity contribution in [3.63, 3.8) is 0 Å². The number of aryl methyl sites for hydroxylation is 2. The first kappa shape index (κ1) is 18.5. The Morgan fingerprint density at radius 2 is 1.81 bits per heavy atom. The molecule has 2 aromatic carbocycles. The fourth-order valence-corrected chi connectivity index (χ4v) is 2.91. The molecule has 3 aromatic rings. The zero-order chi connectivity index (χ0) is 19.6. The first-order valence-corrected chi connectivity index (χ1v) is 8.48. The molecule has 0 aliphatic heterocycles. The topological polar surface area (TPSA) is 105 Å². The first-order valence-electron chi connectivity index (χ1n) is 8.10. The lowest BCUT2D eigenvalue weighted by Crippen LogP contribution is -2.42. The average molecular weight is 389 g/mol. The van der Waals surface area contributed by atoms with Crippen molar-refractivity contribution in [3.8, 4) is 5.75 Å². The van der Waals surface area contributed by atoms with Crippen molar-refractivity contribution in [2.24, 2.45) is 7.05 Å². The molecular weight excluding hydrogens is 372 g/mol. The van der Waals surface area contributed by atoms with Gasteiger partial charge in [-0.3, -0.25) is 29.6 Å². The number of halogens is 1. The predicted octanol–water partition coefficient (Wildman–Crippen LogP) is 1.55. The number of hydrogen-bond acceptors (Lipinski definition) is 4. The SMILES string of the molecule is Cn1c(=O)n(CCC(=O)NNC(=O)c2cc(Cl)ccc2O)c2ccccc21. The number of fused-ring (bicyclic) bond motifs is 1. The van der Waals surface area contributed by atoms with Crippen molar-refractivity contribution in [3.05, 3.63) is 63.5 Å². The number of benzene rings is 2. The number of nitrogens with zero attached hydrogens (tertiary/aromatic N) is 2. The minimum Gasteiger partial charge on any atom is -0.507 e. The van der Waals surface area contributed by atoms with Gasteiger partial charge >= 0.3 is 5.69 Å². The van der Waals surface area contributed by atoms with Crippen molar-refractivity contribution >= 4 is 34.4 Å². The van der Waals surface area contributed by atoms with Crippen molar-refractivity contribution in [1.82, 2.24) is 20.0 Å². The lowest BCUT2D eigenvalue weighted by Gasteiger charge is -2.09. The van der Waals surface area contributed by atoms with Gasteiger partial charge in [0, 0.05) is 25.0 Å². The van der Waals surface area contributed by atoms with Crippen molar-refractivity contribution in [1.29, 1.82) is 0 Å². The summed E-state index contributed by atoms with van der Waals surface area (Å²) in [5.41, 5.74) is 5.68. The van der Waals surface area contributed by atoms with Gasteiger partial charge in [0.2, 0.25) is 5.91 Å². The fraction of sp³-hybridized carbons (Fsp3) is 0.167. The summed E-state index contributed by atoms with van der Waals surface area (Å²) in [5.74, 6) is -1.44. The summed E-state index contributed by atoms with van der Waals surface area (Å²) >= 11 is 5.79. The van der Waals surface area contributed by atoms with Gasteiger partial charge in [-0.05, 0) is 30.3 Å². The molecule has 2 amide bonds. The largest absolute Gasteiger partial charge is 0.507 e. The quantitative estimate of drug-likeness (QED) is 0.589. The molecular formula is C18H17ClN4O4. The van der Waals surface area contributed by atoms with E-state index in [-0.39, 0.29) is 35.0 Å². The number of nitrogens with one attached hydrogen (secondary N) is 2. The van der Waals surface area contributed by atoms with E-state index in [2.05, 4.69) is 10.9 Å². The second kappa shape index (κ2) is 7.55. The molecule has 1 heterocycles. The third-order valence-corrected chi connectivity index (χ3v) is 4.37. The summed E-state index contributed by atoms with van der Waals surface area (Å²) in [6.07, 6.45) is -0.0181. The van der Waals surface area contributed by atoms with E-state index >= 15 is 0 Å². The van der Waals surface area contributed by atoms with Crippen molar-refractivity contribution in [2.45, 2.75) is 13.0 Å². The van der Waals surface area contributed by atoms with Gasteiger partial charge in [-0.2, -0.15) is 0 Å². The van der Waals surface area contributed by atoms with Crippen LogP contribution in [-0.4, -0.2) is 26.1 Å². The Bertz CT molecular complexity index is 1090. The minimum absolute atomic E-state index is 0.0181. The highest BCUT2D eigenvalue weighted by Crippen LogP contribution is 2.21. The number of imidazole rings is 1. The molecule has 0 bridgehead atoms. The van der Waals surface area contributed by atoms with Crippen LogP contribution < -0.4 is 16.5 Å². The molecule has 0 spiro atoms. The number of carbonyl (C=O) groups is 2. The molecule has 0 aliphatic carbocycles. The molecule has 140 valence electrons. The van der Waals surface area contributed by atoms with Crippen LogP contribution >= 0.6 is 11.6 Å².